The van der Waals surface area contributed by atoms with Crippen molar-refractivity contribution in [2.45, 2.75) is 46.2 Å². The van der Waals surface area contributed by atoms with Gasteiger partial charge in [0, 0.05) is 28.9 Å². The highest BCUT2D eigenvalue weighted by molar-refractivity contribution is 7.12. The van der Waals surface area contributed by atoms with Crippen LogP contribution in [0.2, 0.25) is 0 Å². The molecule has 2 rings (SSSR count). The average Bonchev–Trinajstić information content (AvgIpc) is 2.65. The van der Waals surface area contributed by atoms with Crippen molar-refractivity contribution in [1.82, 2.24) is 10.2 Å². The van der Waals surface area contributed by atoms with Crippen molar-refractivity contribution in [3.8, 4) is 0 Å². The van der Waals surface area contributed by atoms with Crippen molar-refractivity contribution >= 4 is 11.3 Å². The number of nitrogens with one attached hydrogen (secondary N) is 1. The van der Waals surface area contributed by atoms with Crippen molar-refractivity contribution in [2.24, 2.45) is 0 Å². The van der Waals surface area contributed by atoms with Crippen LogP contribution in [0.25, 0.3) is 0 Å². The molecule has 1 fully saturated rings. The molecule has 1 aliphatic heterocycles. The number of nitrogens with zero attached hydrogens (tertiary/aromatic N) is 1. The zero-order valence-corrected chi connectivity index (χ0v) is 12.1. The Balaban J connectivity index is 1.83. The lowest BCUT2D eigenvalue weighted by Crippen LogP contribution is -2.45. The van der Waals surface area contributed by atoms with Crippen LogP contribution in [0.1, 0.15) is 35.1 Å². The molecule has 17 heavy (non-hydrogen) atoms. The van der Waals surface area contributed by atoms with Gasteiger partial charge in [0.15, 0.2) is 0 Å². The number of rotatable bonds is 4. The van der Waals surface area contributed by atoms with Crippen LogP contribution in [0.3, 0.4) is 0 Å². The molecule has 96 valence electrons. The molecule has 0 saturated carbocycles. The molecule has 1 aliphatic rings. The van der Waals surface area contributed by atoms with E-state index in [0.29, 0.717) is 6.04 Å². The molecule has 0 aliphatic carbocycles. The van der Waals surface area contributed by atoms with E-state index < -0.39 is 0 Å². The molecule has 0 spiro atoms. The van der Waals surface area contributed by atoms with E-state index >= 15 is 0 Å². The Morgan fingerprint density at radius 1 is 1.47 bits per heavy atom. The summed E-state index contributed by atoms with van der Waals surface area (Å²) in [4.78, 5) is 5.45. The minimum Gasteiger partial charge on any atom is -0.309 e. The highest BCUT2D eigenvalue weighted by Gasteiger charge is 2.18. The summed E-state index contributed by atoms with van der Waals surface area (Å²) >= 11 is 1.91. The van der Waals surface area contributed by atoms with Crippen LogP contribution in [0.4, 0.5) is 0 Å². The summed E-state index contributed by atoms with van der Waals surface area (Å²) < 4.78 is 0. The number of likely N-dealkylation sites (N-methyl/N-ethyl adjacent to an activating group) is 1. The van der Waals surface area contributed by atoms with Crippen LogP contribution >= 0.6 is 11.3 Å². The molecule has 1 saturated heterocycles. The molecule has 0 amide bonds. The predicted octanol–water partition coefficient (Wildman–Crippen LogP) is 2.94. The molecule has 1 atom stereocenters. The largest absolute Gasteiger partial charge is 0.309 e. The van der Waals surface area contributed by atoms with E-state index in [1.807, 2.05) is 11.3 Å². The maximum Gasteiger partial charge on any atom is 0.0219 e. The highest BCUT2D eigenvalue weighted by Crippen LogP contribution is 2.20. The summed E-state index contributed by atoms with van der Waals surface area (Å²) in [6.45, 7) is 11.4. The Kier molecular flexibility index (Phi) is 4.60. The smallest absolute Gasteiger partial charge is 0.0219 e. The third kappa shape index (κ3) is 3.54. The maximum absolute atomic E-state index is 3.72. The van der Waals surface area contributed by atoms with Gasteiger partial charge in [0.05, 0.1) is 0 Å². The van der Waals surface area contributed by atoms with Crippen molar-refractivity contribution in [2.75, 3.05) is 19.6 Å². The van der Waals surface area contributed by atoms with Gasteiger partial charge in [-0.05, 0) is 51.4 Å². The molecule has 2 nitrogen and oxygen atoms in total. The molecule has 3 heteroatoms. The first-order chi connectivity index (χ1) is 8.19. The number of hydrogen-bond acceptors (Lipinski definition) is 3. The van der Waals surface area contributed by atoms with Gasteiger partial charge in [-0.25, -0.2) is 0 Å². The van der Waals surface area contributed by atoms with Crippen LogP contribution in [-0.2, 0) is 6.54 Å². The lowest BCUT2D eigenvalue weighted by molar-refractivity contribution is 0.198. The third-order valence-corrected chi connectivity index (χ3v) is 4.69. The van der Waals surface area contributed by atoms with Gasteiger partial charge in [0.25, 0.3) is 0 Å². The fraction of sp³-hybridized carbons (Fsp3) is 0.714. The van der Waals surface area contributed by atoms with E-state index in [2.05, 4.69) is 37.1 Å². The Hall–Kier alpha value is -0.380. The van der Waals surface area contributed by atoms with E-state index in [0.717, 1.165) is 6.54 Å². The molecular weight excluding hydrogens is 228 g/mol. The summed E-state index contributed by atoms with van der Waals surface area (Å²) in [6.07, 6.45) is 2.67. The van der Waals surface area contributed by atoms with Gasteiger partial charge in [0.1, 0.15) is 0 Å². The van der Waals surface area contributed by atoms with Crippen molar-refractivity contribution in [1.29, 1.82) is 0 Å². The lowest BCUT2D eigenvalue weighted by Gasteiger charge is -2.32. The van der Waals surface area contributed by atoms with E-state index in [9.17, 15) is 0 Å². The van der Waals surface area contributed by atoms with Gasteiger partial charge < -0.3 is 10.2 Å². The van der Waals surface area contributed by atoms with E-state index in [1.165, 1.54) is 47.8 Å². The quantitative estimate of drug-likeness (QED) is 0.886. The molecule has 0 radical (unpaired) electrons. The number of aryl methyl sites for hydroxylation is 2. The predicted molar refractivity (Wildman–Crippen MR) is 75.8 cm³/mol. The summed E-state index contributed by atoms with van der Waals surface area (Å²) in [6, 6.07) is 3.01. The van der Waals surface area contributed by atoms with Crippen LogP contribution in [0, 0.1) is 13.8 Å². The van der Waals surface area contributed by atoms with Crippen LogP contribution in [-0.4, -0.2) is 30.6 Å². The first kappa shape index (κ1) is 13.1. The molecule has 0 bridgehead atoms. The fourth-order valence-electron chi connectivity index (χ4n) is 2.62. The standard InChI is InChI=1S/C14H24N2S/c1-4-16-7-5-6-14(10-16)15-9-13-8-11(2)17-12(13)3/h8,14-15H,4-7,9-10H2,1-3H3. The van der Waals surface area contributed by atoms with E-state index in [-0.39, 0.29) is 0 Å². The van der Waals surface area contributed by atoms with Crippen LogP contribution in [0.5, 0.6) is 0 Å². The van der Waals surface area contributed by atoms with Gasteiger partial charge in [-0.1, -0.05) is 6.92 Å². The normalized spacial score (nSPS) is 21.9. The lowest BCUT2D eigenvalue weighted by atomic mass is 10.1. The molecule has 0 aromatic carbocycles. The average molecular weight is 252 g/mol. The minimum atomic E-state index is 0.684. The van der Waals surface area contributed by atoms with Crippen LogP contribution < -0.4 is 5.32 Å². The Morgan fingerprint density at radius 2 is 2.29 bits per heavy atom. The number of likely N-dealkylation sites (tertiary alicyclic amines) is 1. The zero-order valence-electron chi connectivity index (χ0n) is 11.3. The number of hydrogen-bond donors (Lipinski definition) is 1. The fourth-order valence-corrected chi connectivity index (χ4v) is 3.57. The summed E-state index contributed by atoms with van der Waals surface area (Å²) in [7, 11) is 0. The van der Waals surface area contributed by atoms with Gasteiger partial charge in [-0.15, -0.1) is 11.3 Å². The Labute approximate surface area is 109 Å². The maximum atomic E-state index is 3.72. The monoisotopic (exact) mass is 252 g/mol. The SMILES string of the molecule is CCN1CCCC(NCc2cc(C)sc2C)C1. The van der Waals surface area contributed by atoms with Crippen molar-refractivity contribution < 1.29 is 0 Å². The summed E-state index contributed by atoms with van der Waals surface area (Å²) in [5.74, 6) is 0. The van der Waals surface area contributed by atoms with Gasteiger partial charge in [-0.2, -0.15) is 0 Å². The van der Waals surface area contributed by atoms with Gasteiger partial charge in [-0.3, -0.25) is 0 Å². The number of thiophene rings is 1. The van der Waals surface area contributed by atoms with Crippen molar-refractivity contribution in [3.05, 3.63) is 21.4 Å². The summed E-state index contributed by atoms with van der Waals surface area (Å²) in [5, 5.41) is 3.72. The highest BCUT2D eigenvalue weighted by atomic mass is 32.1. The zero-order chi connectivity index (χ0) is 12.3. The molecule has 1 N–H and O–H groups in total. The van der Waals surface area contributed by atoms with Crippen molar-refractivity contribution in [3.63, 3.8) is 0 Å². The van der Waals surface area contributed by atoms with Crippen LogP contribution in [0.15, 0.2) is 6.07 Å². The molecule has 1 aromatic heterocycles. The van der Waals surface area contributed by atoms with Gasteiger partial charge in [0.2, 0.25) is 0 Å². The minimum absolute atomic E-state index is 0.684. The third-order valence-electron chi connectivity index (χ3n) is 3.68. The van der Waals surface area contributed by atoms with E-state index in [4.69, 9.17) is 0 Å². The second-order valence-electron chi connectivity index (χ2n) is 5.05. The second kappa shape index (κ2) is 5.98. The molecular formula is C14H24N2S. The Bertz CT molecular complexity index is 359. The first-order valence-electron chi connectivity index (χ1n) is 6.70. The Morgan fingerprint density at radius 3 is 2.94 bits per heavy atom. The number of piperidine rings is 1. The van der Waals surface area contributed by atoms with E-state index in [1.54, 1.807) is 0 Å². The topological polar surface area (TPSA) is 15.3 Å². The molecule has 1 aromatic rings. The molecule has 2 heterocycles. The summed E-state index contributed by atoms with van der Waals surface area (Å²) in [5.41, 5.74) is 1.49. The first-order valence-corrected chi connectivity index (χ1v) is 7.52. The van der Waals surface area contributed by atoms with Gasteiger partial charge >= 0.3 is 0 Å². The molecule has 1 unspecified atom stereocenters. The second-order valence-corrected chi connectivity index (χ2v) is 6.51.